The zero-order chi connectivity index (χ0) is 13.2. The summed E-state index contributed by atoms with van der Waals surface area (Å²) in [5.74, 6) is 0.740. The van der Waals surface area contributed by atoms with Crippen molar-refractivity contribution >= 4 is 11.6 Å². The first kappa shape index (κ1) is 11.9. The smallest absolute Gasteiger partial charge is 0.229 e. The normalized spacial score (nSPS) is 10.8. The largest absolute Gasteiger partial charge is 0.267 e. The second-order valence-corrected chi connectivity index (χ2v) is 4.57. The van der Waals surface area contributed by atoms with Crippen molar-refractivity contribution < 1.29 is 0 Å². The summed E-state index contributed by atoms with van der Waals surface area (Å²) >= 11 is 6.00. The van der Waals surface area contributed by atoms with Gasteiger partial charge in [-0.25, -0.2) is 0 Å². The molecule has 3 aromatic rings. The number of aryl methyl sites for hydroxylation is 1. The van der Waals surface area contributed by atoms with Gasteiger partial charge in [-0.3, -0.25) is 9.25 Å². The Balaban J connectivity index is 1.88. The first-order valence-corrected chi connectivity index (χ1v) is 6.26. The molecule has 3 rings (SSSR count). The number of nitrogens with zero attached hydrogens (tertiary/aromatic N) is 5. The number of rotatable bonds is 3. The zero-order valence-electron chi connectivity index (χ0n) is 10.4. The molecule has 0 bridgehead atoms. The maximum Gasteiger partial charge on any atom is 0.229 e. The van der Waals surface area contributed by atoms with Crippen LogP contribution in [-0.2, 0) is 6.54 Å². The third-order valence-electron chi connectivity index (χ3n) is 2.85. The van der Waals surface area contributed by atoms with Crippen LogP contribution in [0.5, 0.6) is 0 Å². The fraction of sp³-hybridized carbons (Fsp3) is 0.154. The highest BCUT2D eigenvalue weighted by molar-refractivity contribution is 6.28. The Kier molecular flexibility index (Phi) is 3.05. The maximum absolute atomic E-state index is 6.00. The maximum atomic E-state index is 6.00. The lowest BCUT2D eigenvalue weighted by molar-refractivity contribution is 0.686. The summed E-state index contributed by atoms with van der Waals surface area (Å²) < 4.78 is 3.62. The highest BCUT2D eigenvalue weighted by Gasteiger charge is 2.10. The van der Waals surface area contributed by atoms with Crippen LogP contribution in [0.1, 0.15) is 11.4 Å². The number of hydrogen-bond acceptors (Lipinski definition) is 3. The molecule has 0 saturated heterocycles. The van der Waals surface area contributed by atoms with Crippen molar-refractivity contribution in [3.63, 3.8) is 0 Å². The third kappa shape index (κ3) is 2.37. The molecule has 0 aliphatic carbocycles. The van der Waals surface area contributed by atoms with Crippen LogP contribution in [0.3, 0.4) is 0 Å². The zero-order valence-corrected chi connectivity index (χ0v) is 11.1. The van der Waals surface area contributed by atoms with Crippen molar-refractivity contribution in [3.05, 3.63) is 59.4 Å². The van der Waals surface area contributed by atoms with Crippen molar-refractivity contribution in [3.8, 4) is 5.69 Å². The van der Waals surface area contributed by atoms with E-state index in [1.165, 1.54) is 5.56 Å². The number of aromatic nitrogens is 5. The van der Waals surface area contributed by atoms with Crippen LogP contribution in [0, 0.1) is 6.92 Å². The molecule has 0 spiro atoms. The van der Waals surface area contributed by atoms with E-state index in [4.69, 9.17) is 11.6 Å². The first-order valence-electron chi connectivity index (χ1n) is 5.88. The molecule has 0 atom stereocenters. The van der Waals surface area contributed by atoms with Gasteiger partial charge in [0.25, 0.3) is 0 Å². The third-order valence-corrected chi connectivity index (χ3v) is 3.10. The monoisotopic (exact) mass is 273 g/mol. The lowest BCUT2D eigenvalue weighted by atomic mass is 10.2. The van der Waals surface area contributed by atoms with E-state index in [0.717, 1.165) is 18.1 Å². The molecule has 19 heavy (non-hydrogen) atoms. The number of benzene rings is 1. The fourth-order valence-electron chi connectivity index (χ4n) is 1.96. The van der Waals surface area contributed by atoms with Gasteiger partial charge in [-0.05, 0) is 24.1 Å². The molecule has 0 radical (unpaired) electrons. The highest BCUT2D eigenvalue weighted by atomic mass is 35.5. The summed E-state index contributed by atoms with van der Waals surface area (Å²) in [6.07, 6.45) is 3.68. The average molecular weight is 274 g/mol. The SMILES string of the molecule is Cc1nnc(Cl)n1-c1cnn(Cc2ccccc2)c1. The summed E-state index contributed by atoms with van der Waals surface area (Å²) in [6.45, 7) is 2.58. The molecule has 0 aliphatic heterocycles. The van der Waals surface area contributed by atoms with Gasteiger partial charge in [0.2, 0.25) is 5.28 Å². The standard InChI is InChI=1S/C13H12ClN5/c1-10-16-17-13(14)19(10)12-7-15-18(9-12)8-11-5-3-2-4-6-11/h2-7,9H,8H2,1H3. The van der Waals surface area contributed by atoms with Crippen LogP contribution >= 0.6 is 11.6 Å². The molecule has 0 N–H and O–H groups in total. The fourth-order valence-corrected chi connectivity index (χ4v) is 2.21. The molecular weight excluding hydrogens is 262 g/mol. The number of hydrogen-bond donors (Lipinski definition) is 0. The predicted molar refractivity (Wildman–Crippen MR) is 72.4 cm³/mol. The second kappa shape index (κ2) is 4.85. The summed E-state index contributed by atoms with van der Waals surface area (Å²) in [4.78, 5) is 0. The molecule has 6 heteroatoms. The Hall–Kier alpha value is -2.14. The molecule has 2 heterocycles. The van der Waals surface area contributed by atoms with Gasteiger partial charge < -0.3 is 0 Å². The van der Waals surface area contributed by atoms with Gasteiger partial charge in [0.1, 0.15) is 5.82 Å². The second-order valence-electron chi connectivity index (χ2n) is 4.23. The molecule has 1 aromatic carbocycles. The van der Waals surface area contributed by atoms with E-state index in [9.17, 15) is 0 Å². The summed E-state index contributed by atoms with van der Waals surface area (Å²) in [6, 6.07) is 10.2. The van der Waals surface area contributed by atoms with Gasteiger partial charge in [-0.2, -0.15) is 5.10 Å². The molecular formula is C13H12ClN5. The van der Waals surface area contributed by atoms with Crippen molar-refractivity contribution in [1.29, 1.82) is 0 Å². The van der Waals surface area contributed by atoms with Crippen molar-refractivity contribution in [2.24, 2.45) is 0 Å². The van der Waals surface area contributed by atoms with E-state index in [1.54, 1.807) is 10.8 Å². The Morgan fingerprint density at radius 1 is 1.16 bits per heavy atom. The molecule has 0 unspecified atom stereocenters. The van der Waals surface area contributed by atoms with Crippen LogP contribution in [0.4, 0.5) is 0 Å². The molecule has 2 aromatic heterocycles. The van der Waals surface area contributed by atoms with Gasteiger partial charge >= 0.3 is 0 Å². The van der Waals surface area contributed by atoms with E-state index in [1.807, 2.05) is 36.0 Å². The van der Waals surface area contributed by atoms with E-state index < -0.39 is 0 Å². The van der Waals surface area contributed by atoms with Crippen molar-refractivity contribution in [2.75, 3.05) is 0 Å². The topological polar surface area (TPSA) is 48.5 Å². The van der Waals surface area contributed by atoms with E-state index in [0.29, 0.717) is 5.28 Å². The summed E-state index contributed by atoms with van der Waals surface area (Å²) in [7, 11) is 0. The van der Waals surface area contributed by atoms with Crippen molar-refractivity contribution in [1.82, 2.24) is 24.5 Å². The van der Waals surface area contributed by atoms with Crippen LogP contribution in [-0.4, -0.2) is 24.5 Å². The minimum Gasteiger partial charge on any atom is -0.267 e. The molecule has 5 nitrogen and oxygen atoms in total. The molecule has 0 amide bonds. The van der Waals surface area contributed by atoms with Crippen LogP contribution in [0.15, 0.2) is 42.7 Å². The quantitative estimate of drug-likeness (QED) is 0.737. The van der Waals surface area contributed by atoms with E-state index in [2.05, 4.69) is 27.4 Å². The van der Waals surface area contributed by atoms with Gasteiger partial charge in [0.05, 0.1) is 18.4 Å². The van der Waals surface area contributed by atoms with Gasteiger partial charge in [0, 0.05) is 6.20 Å². The lowest BCUT2D eigenvalue weighted by Crippen LogP contribution is -2.00. The van der Waals surface area contributed by atoms with Gasteiger partial charge in [-0.15, -0.1) is 10.2 Å². The Morgan fingerprint density at radius 3 is 2.63 bits per heavy atom. The number of halogens is 1. The van der Waals surface area contributed by atoms with Gasteiger partial charge in [0.15, 0.2) is 0 Å². The Bertz CT molecular complexity index is 667. The minimum absolute atomic E-state index is 0.344. The molecule has 0 fully saturated rings. The van der Waals surface area contributed by atoms with E-state index >= 15 is 0 Å². The first-order chi connectivity index (χ1) is 9.24. The van der Waals surface area contributed by atoms with Crippen LogP contribution in [0.2, 0.25) is 5.28 Å². The van der Waals surface area contributed by atoms with Crippen molar-refractivity contribution in [2.45, 2.75) is 13.5 Å². The average Bonchev–Trinajstić information content (AvgIpc) is 2.98. The summed E-state index contributed by atoms with van der Waals surface area (Å²) in [5, 5.41) is 12.4. The predicted octanol–water partition coefficient (Wildman–Crippen LogP) is 2.47. The lowest BCUT2D eigenvalue weighted by Gasteiger charge is -2.02. The highest BCUT2D eigenvalue weighted by Crippen LogP contribution is 2.16. The van der Waals surface area contributed by atoms with Gasteiger partial charge in [-0.1, -0.05) is 30.3 Å². The van der Waals surface area contributed by atoms with Crippen LogP contribution in [0.25, 0.3) is 5.69 Å². The Labute approximate surface area is 115 Å². The molecule has 96 valence electrons. The van der Waals surface area contributed by atoms with Crippen LogP contribution < -0.4 is 0 Å². The molecule has 0 saturated carbocycles. The minimum atomic E-state index is 0.344. The summed E-state index contributed by atoms with van der Waals surface area (Å²) in [5.41, 5.74) is 2.06. The van der Waals surface area contributed by atoms with E-state index in [-0.39, 0.29) is 0 Å². The molecule has 0 aliphatic rings. The Morgan fingerprint density at radius 2 is 1.95 bits per heavy atom.